The molecule has 0 aliphatic heterocycles. The van der Waals surface area contributed by atoms with Crippen LogP contribution in [0.4, 0.5) is 5.82 Å². The molecule has 0 saturated carbocycles. The third-order valence-electron chi connectivity index (χ3n) is 3.46. The second-order valence-corrected chi connectivity index (χ2v) is 6.11. The van der Waals surface area contributed by atoms with Crippen molar-refractivity contribution in [1.82, 2.24) is 9.97 Å². The maximum Gasteiger partial charge on any atom is 0.171 e. The first-order valence-electron chi connectivity index (χ1n) is 6.60. The van der Waals surface area contributed by atoms with E-state index in [2.05, 4.69) is 10.3 Å². The summed E-state index contributed by atoms with van der Waals surface area (Å²) in [6.07, 6.45) is 5.86. The molecule has 0 radical (unpaired) electrons. The van der Waals surface area contributed by atoms with Gasteiger partial charge in [0.1, 0.15) is 5.82 Å². The Morgan fingerprint density at radius 1 is 1.21 bits per heavy atom. The quantitative estimate of drug-likeness (QED) is 0.845. The molecule has 0 amide bonds. The Hall–Kier alpha value is -1.13. The van der Waals surface area contributed by atoms with Crippen LogP contribution in [0.2, 0.25) is 5.02 Å². The third-order valence-corrected chi connectivity index (χ3v) is 4.73. The molecule has 2 aromatic heterocycles. The summed E-state index contributed by atoms with van der Waals surface area (Å²) in [6, 6.07) is 1.93. The number of hydrogen-bond donors (Lipinski definition) is 1. The Balaban J connectivity index is 2.09. The van der Waals surface area contributed by atoms with E-state index in [-0.39, 0.29) is 0 Å². The zero-order valence-corrected chi connectivity index (χ0v) is 12.4. The second-order valence-electron chi connectivity index (χ2n) is 4.76. The van der Waals surface area contributed by atoms with Crippen molar-refractivity contribution in [3.8, 4) is 10.7 Å². The SMILES string of the molecule is CNc1nc(-c2cc(Cl)cs2)nc2c1CCCCC2. The smallest absolute Gasteiger partial charge is 0.171 e. The molecule has 0 saturated heterocycles. The van der Waals surface area contributed by atoms with Gasteiger partial charge < -0.3 is 5.32 Å². The molecule has 0 fully saturated rings. The molecular formula is C14H16ClN3S. The first-order valence-corrected chi connectivity index (χ1v) is 7.85. The first-order chi connectivity index (χ1) is 9.28. The van der Waals surface area contributed by atoms with E-state index in [0.717, 1.165) is 34.4 Å². The van der Waals surface area contributed by atoms with Gasteiger partial charge in [0.15, 0.2) is 5.82 Å². The predicted molar refractivity (Wildman–Crippen MR) is 81.2 cm³/mol. The van der Waals surface area contributed by atoms with Crippen LogP contribution in [0.15, 0.2) is 11.4 Å². The maximum atomic E-state index is 5.99. The van der Waals surface area contributed by atoms with Gasteiger partial charge in [0.05, 0.1) is 9.90 Å². The minimum Gasteiger partial charge on any atom is -0.373 e. The van der Waals surface area contributed by atoms with E-state index < -0.39 is 0 Å². The normalized spacial score (nSPS) is 14.8. The van der Waals surface area contributed by atoms with E-state index in [0.29, 0.717) is 0 Å². The summed E-state index contributed by atoms with van der Waals surface area (Å²) in [5.74, 6) is 1.77. The highest BCUT2D eigenvalue weighted by Gasteiger charge is 2.17. The molecular weight excluding hydrogens is 278 g/mol. The molecule has 3 nitrogen and oxygen atoms in total. The molecule has 2 aromatic rings. The average Bonchev–Trinajstić information content (AvgIpc) is 2.72. The topological polar surface area (TPSA) is 37.8 Å². The van der Waals surface area contributed by atoms with Crippen molar-refractivity contribution in [3.63, 3.8) is 0 Å². The van der Waals surface area contributed by atoms with E-state index in [1.807, 2.05) is 18.5 Å². The van der Waals surface area contributed by atoms with Gasteiger partial charge in [-0.1, -0.05) is 18.0 Å². The summed E-state index contributed by atoms with van der Waals surface area (Å²) in [5.41, 5.74) is 2.50. The van der Waals surface area contributed by atoms with E-state index in [1.165, 1.54) is 30.5 Å². The molecule has 5 heteroatoms. The molecule has 3 rings (SSSR count). The van der Waals surface area contributed by atoms with Crippen LogP contribution in [-0.2, 0) is 12.8 Å². The lowest BCUT2D eigenvalue weighted by atomic mass is 10.1. The zero-order valence-electron chi connectivity index (χ0n) is 10.9. The highest BCUT2D eigenvalue weighted by atomic mass is 35.5. The lowest BCUT2D eigenvalue weighted by Crippen LogP contribution is -2.06. The Bertz CT molecular complexity index is 594. The van der Waals surface area contributed by atoms with Crippen LogP contribution in [0.3, 0.4) is 0 Å². The Morgan fingerprint density at radius 3 is 2.79 bits per heavy atom. The second kappa shape index (κ2) is 5.47. The van der Waals surface area contributed by atoms with Crippen LogP contribution in [0.25, 0.3) is 10.7 Å². The van der Waals surface area contributed by atoms with Crippen molar-refractivity contribution in [2.45, 2.75) is 32.1 Å². The van der Waals surface area contributed by atoms with Gasteiger partial charge in [0, 0.05) is 23.7 Å². The molecule has 0 atom stereocenters. The molecule has 1 aliphatic rings. The maximum absolute atomic E-state index is 5.99. The van der Waals surface area contributed by atoms with Crippen LogP contribution in [0.1, 0.15) is 30.5 Å². The lowest BCUT2D eigenvalue weighted by Gasteiger charge is -2.12. The first kappa shape index (κ1) is 12.9. The van der Waals surface area contributed by atoms with Crippen LogP contribution in [0, 0.1) is 0 Å². The fourth-order valence-corrected chi connectivity index (χ4v) is 3.52. The van der Waals surface area contributed by atoms with Crippen LogP contribution in [-0.4, -0.2) is 17.0 Å². The minimum atomic E-state index is 0.754. The molecule has 1 N–H and O–H groups in total. The van der Waals surface area contributed by atoms with E-state index >= 15 is 0 Å². The lowest BCUT2D eigenvalue weighted by molar-refractivity contribution is 0.709. The van der Waals surface area contributed by atoms with Gasteiger partial charge in [-0.15, -0.1) is 11.3 Å². The highest BCUT2D eigenvalue weighted by Crippen LogP contribution is 2.31. The molecule has 0 aromatic carbocycles. The Kier molecular flexibility index (Phi) is 3.71. The van der Waals surface area contributed by atoms with Crippen LogP contribution < -0.4 is 5.32 Å². The predicted octanol–water partition coefficient (Wildman–Crippen LogP) is 4.17. The number of anilines is 1. The van der Waals surface area contributed by atoms with Crippen molar-refractivity contribution in [3.05, 3.63) is 27.7 Å². The van der Waals surface area contributed by atoms with Gasteiger partial charge in [-0.2, -0.15) is 0 Å². The summed E-state index contributed by atoms with van der Waals surface area (Å²) in [4.78, 5) is 10.5. The fraction of sp³-hybridized carbons (Fsp3) is 0.429. The molecule has 1 aliphatic carbocycles. The zero-order chi connectivity index (χ0) is 13.2. The van der Waals surface area contributed by atoms with Gasteiger partial charge in [0.2, 0.25) is 0 Å². The van der Waals surface area contributed by atoms with Crippen molar-refractivity contribution in [2.24, 2.45) is 0 Å². The fourth-order valence-electron chi connectivity index (χ4n) is 2.52. The van der Waals surface area contributed by atoms with Crippen LogP contribution >= 0.6 is 22.9 Å². The largest absolute Gasteiger partial charge is 0.373 e. The van der Waals surface area contributed by atoms with Crippen molar-refractivity contribution < 1.29 is 0 Å². The Labute approximate surface area is 122 Å². The number of halogens is 1. The third kappa shape index (κ3) is 2.60. The van der Waals surface area contributed by atoms with Gasteiger partial charge >= 0.3 is 0 Å². The number of rotatable bonds is 2. The highest BCUT2D eigenvalue weighted by molar-refractivity contribution is 7.14. The summed E-state index contributed by atoms with van der Waals surface area (Å²) < 4.78 is 0. The number of fused-ring (bicyclic) bond motifs is 1. The molecule has 2 heterocycles. The number of nitrogens with one attached hydrogen (secondary N) is 1. The number of hydrogen-bond acceptors (Lipinski definition) is 4. The molecule has 0 bridgehead atoms. The van der Waals surface area contributed by atoms with Crippen molar-refractivity contribution >= 4 is 28.8 Å². The number of nitrogens with zero attached hydrogens (tertiary/aromatic N) is 2. The number of aromatic nitrogens is 2. The van der Waals surface area contributed by atoms with E-state index in [1.54, 1.807) is 11.3 Å². The standard InChI is InChI=1S/C14H16ClN3S/c1-16-13-10-5-3-2-4-6-11(10)17-14(18-13)12-7-9(15)8-19-12/h7-8H,2-6H2,1H3,(H,16,17,18). The van der Waals surface area contributed by atoms with Crippen molar-refractivity contribution in [2.75, 3.05) is 12.4 Å². The van der Waals surface area contributed by atoms with E-state index in [4.69, 9.17) is 16.6 Å². The Morgan fingerprint density at radius 2 is 2.05 bits per heavy atom. The number of thiophene rings is 1. The molecule has 0 unspecified atom stereocenters. The van der Waals surface area contributed by atoms with Crippen LogP contribution in [0.5, 0.6) is 0 Å². The molecule has 100 valence electrons. The van der Waals surface area contributed by atoms with Gasteiger partial charge in [-0.25, -0.2) is 9.97 Å². The average molecular weight is 294 g/mol. The van der Waals surface area contributed by atoms with Gasteiger partial charge in [-0.05, 0) is 31.7 Å². The minimum absolute atomic E-state index is 0.754. The van der Waals surface area contributed by atoms with Gasteiger partial charge in [0.25, 0.3) is 0 Å². The summed E-state index contributed by atoms with van der Waals surface area (Å²) in [7, 11) is 1.93. The number of aryl methyl sites for hydroxylation is 1. The molecule has 0 spiro atoms. The van der Waals surface area contributed by atoms with E-state index in [9.17, 15) is 0 Å². The summed E-state index contributed by atoms with van der Waals surface area (Å²) >= 11 is 7.59. The summed E-state index contributed by atoms with van der Waals surface area (Å²) in [5, 5.41) is 5.90. The van der Waals surface area contributed by atoms with Gasteiger partial charge in [-0.3, -0.25) is 0 Å². The summed E-state index contributed by atoms with van der Waals surface area (Å²) in [6.45, 7) is 0. The van der Waals surface area contributed by atoms with Crippen molar-refractivity contribution in [1.29, 1.82) is 0 Å². The monoisotopic (exact) mass is 293 g/mol. The molecule has 19 heavy (non-hydrogen) atoms.